The van der Waals surface area contributed by atoms with Crippen LogP contribution in [0.1, 0.15) is 10.8 Å². The smallest absolute Gasteiger partial charge is 0.242 e. The van der Waals surface area contributed by atoms with E-state index in [1.807, 2.05) is 60.7 Å². The van der Waals surface area contributed by atoms with E-state index < -0.39 is 15.3 Å². The molecule has 3 aromatic carbocycles. The Bertz CT molecular complexity index is 1050. The number of hydrogen-bond donors (Lipinski definition) is 1. The molecule has 1 atom stereocenters. The van der Waals surface area contributed by atoms with Crippen LogP contribution in [0.15, 0.2) is 94.7 Å². The van der Waals surface area contributed by atoms with Crippen molar-refractivity contribution in [2.45, 2.75) is 15.0 Å². The van der Waals surface area contributed by atoms with Crippen molar-refractivity contribution in [3.8, 4) is 0 Å². The van der Waals surface area contributed by atoms with Gasteiger partial charge in [-0.15, -0.1) is 11.8 Å². The maximum atomic E-state index is 13.0. The SMILES string of the molecule is CN(C)S(=O)(=O)c1ccc(NC(=O)C(Sc2ccccc2)c2ccccc2)cc1. The van der Waals surface area contributed by atoms with Gasteiger partial charge in [0.05, 0.1) is 4.90 Å². The van der Waals surface area contributed by atoms with E-state index in [2.05, 4.69) is 5.32 Å². The molecule has 0 aliphatic rings. The average Bonchev–Trinajstić information content (AvgIpc) is 2.73. The summed E-state index contributed by atoms with van der Waals surface area (Å²) in [6, 6.07) is 25.5. The first kappa shape index (κ1) is 21.1. The normalized spacial score (nSPS) is 12.5. The summed E-state index contributed by atoms with van der Waals surface area (Å²) in [5, 5.41) is 2.46. The number of hydrogen-bond acceptors (Lipinski definition) is 4. The van der Waals surface area contributed by atoms with Gasteiger partial charge in [0.25, 0.3) is 0 Å². The fourth-order valence-corrected chi connectivity index (χ4v) is 4.61. The van der Waals surface area contributed by atoms with Gasteiger partial charge >= 0.3 is 0 Å². The van der Waals surface area contributed by atoms with Gasteiger partial charge in [0, 0.05) is 24.7 Å². The molecule has 1 N–H and O–H groups in total. The highest BCUT2D eigenvalue weighted by molar-refractivity contribution is 8.00. The number of nitrogens with zero attached hydrogens (tertiary/aromatic N) is 1. The molecule has 1 unspecified atom stereocenters. The molecule has 0 aliphatic carbocycles. The predicted molar refractivity (Wildman–Crippen MR) is 117 cm³/mol. The van der Waals surface area contributed by atoms with Gasteiger partial charge in [-0.25, -0.2) is 12.7 Å². The van der Waals surface area contributed by atoms with E-state index >= 15 is 0 Å². The minimum absolute atomic E-state index is 0.173. The van der Waals surface area contributed by atoms with Gasteiger partial charge in [-0.2, -0.15) is 0 Å². The molecule has 3 rings (SSSR count). The number of anilines is 1. The molecule has 3 aromatic rings. The molecule has 150 valence electrons. The van der Waals surface area contributed by atoms with Crippen molar-refractivity contribution < 1.29 is 13.2 Å². The minimum Gasteiger partial charge on any atom is -0.325 e. The molecule has 1 amide bonds. The van der Waals surface area contributed by atoms with E-state index in [9.17, 15) is 13.2 Å². The summed E-state index contributed by atoms with van der Waals surface area (Å²) in [6.45, 7) is 0. The van der Waals surface area contributed by atoms with E-state index in [1.54, 1.807) is 12.1 Å². The lowest BCUT2D eigenvalue weighted by Crippen LogP contribution is -2.22. The molecule has 0 heterocycles. The standard InChI is InChI=1S/C22H22N2O3S2/c1-24(2)29(26,27)20-15-13-18(14-16-20)23-22(25)21(17-9-5-3-6-10-17)28-19-11-7-4-8-12-19/h3-16,21H,1-2H3,(H,23,25). The number of benzene rings is 3. The molecule has 0 saturated carbocycles. The van der Waals surface area contributed by atoms with Crippen LogP contribution >= 0.6 is 11.8 Å². The Morgan fingerprint density at radius 1 is 0.862 bits per heavy atom. The number of nitrogens with one attached hydrogen (secondary N) is 1. The summed E-state index contributed by atoms with van der Waals surface area (Å²) in [5.74, 6) is -0.173. The Morgan fingerprint density at radius 2 is 1.41 bits per heavy atom. The predicted octanol–water partition coefficient (Wildman–Crippen LogP) is 4.41. The summed E-state index contributed by atoms with van der Waals surface area (Å²) in [7, 11) is -0.541. The molecular weight excluding hydrogens is 404 g/mol. The lowest BCUT2D eigenvalue weighted by Gasteiger charge is -2.17. The van der Waals surface area contributed by atoms with Crippen LogP contribution < -0.4 is 5.32 Å². The van der Waals surface area contributed by atoms with Gasteiger partial charge in [-0.1, -0.05) is 48.5 Å². The zero-order chi connectivity index (χ0) is 20.9. The van der Waals surface area contributed by atoms with E-state index in [1.165, 1.54) is 38.0 Å². The van der Waals surface area contributed by atoms with Crippen molar-refractivity contribution in [1.29, 1.82) is 0 Å². The Labute approximate surface area is 175 Å². The highest BCUT2D eigenvalue weighted by Gasteiger charge is 2.23. The van der Waals surface area contributed by atoms with Gasteiger partial charge in [0.1, 0.15) is 5.25 Å². The summed E-state index contributed by atoms with van der Waals surface area (Å²) in [4.78, 5) is 14.2. The second-order valence-corrected chi connectivity index (χ2v) is 9.85. The molecular formula is C22H22N2O3S2. The number of thioether (sulfide) groups is 1. The molecule has 0 aliphatic heterocycles. The van der Waals surface area contributed by atoms with Crippen molar-refractivity contribution in [2.75, 3.05) is 19.4 Å². The highest BCUT2D eigenvalue weighted by atomic mass is 32.2. The first-order chi connectivity index (χ1) is 13.9. The van der Waals surface area contributed by atoms with Crippen molar-refractivity contribution >= 4 is 33.4 Å². The second-order valence-electron chi connectivity index (χ2n) is 6.52. The van der Waals surface area contributed by atoms with Crippen LogP contribution in [0, 0.1) is 0 Å². The lowest BCUT2D eigenvalue weighted by molar-refractivity contribution is -0.115. The number of carbonyl (C=O) groups is 1. The Hall–Kier alpha value is -2.61. The summed E-state index contributed by atoms with van der Waals surface area (Å²) in [5.41, 5.74) is 1.44. The van der Waals surface area contributed by atoms with E-state index in [4.69, 9.17) is 0 Å². The van der Waals surface area contributed by atoms with Gasteiger partial charge in [-0.05, 0) is 42.0 Å². The summed E-state index contributed by atoms with van der Waals surface area (Å²) in [6.07, 6.45) is 0. The van der Waals surface area contributed by atoms with Crippen molar-refractivity contribution in [2.24, 2.45) is 0 Å². The molecule has 0 bridgehead atoms. The van der Waals surface area contributed by atoms with Crippen LogP contribution in [0.2, 0.25) is 0 Å². The minimum atomic E-state index is -3.51. The molecule has 0 saturated heterocycles. The summed E-state index contributed by atoms with van der Waals surface area (Å²) < 4.78 is 25.5. The van der Waals surface area contributed by atoms with E-state index in [0.29, 0.717) is 5.69 Å². The quantitative estimate of drug-likeness (QED) is 0.569. The number of rotatable bonds is 7. The molecule has 0 fully saturated rings. The van der Waals surface area contributed by atoms with Crippen molar-refractivity contribution in [3.63, 3.8) is 0 Å². The van der Waals surface area contributed by atoms with Gasteiger partial charge in [0.15, 0.2) is 0 Å². The Balaban J connectivity index is 1.81. The maximum absolute atomic E-state index is 13.0. The zero-order valence-electron chi connectivity index (χ0n) is 16.1. The fourth-order valence-electron chi connectivity index (χ4n) is 2.66. The average molecular weight is 427 g/mol. The second kappa shape index (κ2) is 9.26. The van der Waals surface area contributed by atoms with Crippen molar-refractivity contribution in [3.05, 3.63) is 90.5 Å². The molecule has 0 spiro atoms. The number of carbonyl (C=O) groups excluding carboxylic acids is 1. The first-order valence-electron chi connectivity index (χ1n) is 8.98. The molecule has 0 aromatic heterocycles. The number of amides is 1. The molecule has 7 heteroatoms. The van der Waals surface area contributed by atoms with Gasteiger partial charge in [0.2, 0.25) is 15.9 Å². The van der Waals surface area contributed by atoms with Gasteiger partial charge < -0.3 is 5.32 Å². The van der Waals surface area contributed by atoms with Gasteiger partial charge in [-0.3, -0.25) is 4.79 Å². The third-order valence-electron chi connectivity index (χ3n) is 4.24. The fraction of sp³-hybridized carbons (Fsp3) is 0.136. The topological polar surface area (TPSA) is 66.5 Å². The number of sulfonamides is 1. The zero-order valence-corrected chi connectivity index (χ0v) is 17.8. The van der Waals surface area contributed by atoms with Crippen LogP contribution in [0.3, 0.4) is 0 Å². The highest BCUT2D eigenvalue weighted by Crippen LogP contribution is 2.36. The molecule has 5 nitrogen and oxygen atoms in total. The first-order valence-corrected chi connectivity index (χ1v) is 11.3. The Morgan fingerprint density at radius 3 is 1.97 bits per heavy atom. The van der Waals surface area contributed by atoms with Crippen molar-refractivity contribution in [1.82, 2.24) is 4.31 Å². The van der Waals surface area contributed by atoms with Crippen LogP contribution in [-0.2, 0) is 14.8 Å². The monoisotopic (exact) mass is 426 g/mol. The van der Waals surface area contributed by atoms with Crippen LogP contribution in [-0.4, -0.2) is 32.7 Å². The largest absolute Gasteiger partial charge is 0.325 e. The van der Waals surface area contributed by atoms with E-state index in [-0.39, 0.29) is 10.8 Å². The summed E-state index contributed by atoms with van der Waals surface area (Å²) >= 11 is 1.47. The van der Waals surface area contributed by atoms with Crippen LogP contribution in [0.5, 0.6) is 0 Å². The Kier molecular flexibility index (Phi) is 6.74. The van der Waals surface area contributed by atoms with E-state index in [0.717, 1.165) is 14.8 Å². The van der Waals surface area contributed by atoms with Crippen LogP contribution in [0.4, 0.5) is 5.69 Å². The molecule has 0 radical (unpaired) electrons. The third kappa shape index (κ3) is 5.26. The molecule has 29 heavy (non-hydrogen) atoms. The van der Waals surface area contributed by atoms with Crippen LogP contribution in [0.25, 0.3) is 0 Å². The maximum Gasteiger partial charge on any atom is 0.242 e. The lowest BCUT2D eigenvalue weighted by atomic mass is 10.1. The third-order valence-corrected chi connectivity index (χ3v) is 7.33.